The molecule has 0 bridgehead atoms. The lowest BCUT2D eigenvalue weighted by Gasteiger charge is -2.33. The Labute approximate surface area is 120 Å². The summed E-state index contributed by atoms with van der Waals surface area (Å²) in [6, 6.07) is 7.87. The maximum absolute atomic E-state index is 11.2. The zero-order valence-corrected chi connectivity index (χ0v) is 11.8. The third kappa shape index (κ3) is 3.32. The first-order valence-electron chi connectivity index (χ1n) is 5.92. The summed E-state index contributed by atoms with van der Waals surface area (Å²) in [6.45, 7) is -0.0280. The number of amides is 1. The number of primary amides is 1. The Bertz CT molecular complexity index is 481. The largest absolute Gasteiger partial charge is 0.395 e. The molecular weight excluding hydrogens is 282 g/mol. The van der Waals surface area contributed by atoms with E-state index in [-0.39, 0.29) is 23.5 Å². The van der Waals surface area contributed by atoms with Crippen LogP contribution in [-0.4, -0.2) is 34.4 Å². The van der Waals surface area contributed by atoms with Crippen molar-refractivity contribution in [1.82, 2.24) is 0 Å². The minimum atomic E-state index is -0.488. The van der Waals surface area contributed by atoms with Gasteiger partial charge in [-0.25, -0.2) is 0 Å². The summed E-state index contributed by atoms with van der Waals surface area (Å²) >= 11 is 3.10. The van der Waals surface area contributed by atoms with Crippen molar-refractivity contribution in [2.75, 3.05) is 6.61 Å². The molecule has 102 valence electrons. The highest BCUT2D eigenvalue weighted by Crippen LogP contribution is 2.47. The third-order valence-corrected chi connectivity index (χ3v) is 6.19. The lowest BCUT2D eigenvalue weighted by atomic mass is 10.00. The topological polar surface area (TPSA) is 80.4 Å². The summed E-state index contributed by atoms with van der Waals surface area (Å²) in [6.07, 6.45) is 0.806. The fraction of sp³-hybridized carbons (Fsp3) is 0.385. The number of rotatable bonds is 5. The molecular formula is C13H15NO3S2. The molecule has 0 saturated carbocycles. The molecule has 1 amide bonds. The van der Waals surface area contributed by atoms with Gasteiger partial charge in [0.2, 0.25) is 5.91 Å². The minimum absolute atomic E-state index is 0.0280. The van der Waals surface area contributed by atoms with E-state index < -0.39 is 11.8 Å². The SMILES string of the molecule is NC(=O)CC(C=O)C1Sc2ccccc2SC1CO. The monoisotopic (exact) mass is 297 g/mol. The third-order valence-electron chi connectivity index (χ3n) is 2.97. The van der Waals surface area contributed by atoms with Gasteiger partial charge in [-0.1, -0.05) is 12.1 Å². The van der Waals surface area contributed by atoms with Crippen LogP contribution in [0.5, 0.6) is 0 Å². The van der Waals surface area contributed by atoms with E-state index in [1.807, 2.05) is 24.3 Å². The molecule has 3 atom stereocenters. The Kier molecular flexibility index (Phi) is 4.90. The first-order chi connectivity index (χ1) is 9.15. The summed E-state index contributed by atoms with van der Waals surface area (Å²) in [4.78, 5) is 24.4. The van der Waals surface area contributed by atoms with Gasteiger partial charge in [-0.2, -0.15) is 0 Å². The van der Waals surface area contributed by atoms with Crippen molar-refractivity contribution in [1.29, 1.82) is 0 Å². The number of aldehydes is 1. The van der Waals surface area contributed by atoms with E-state index in [9.17, 15) is 14.7 Å². The molecule has 0 spiro atoms. The normalized spacial score (nSPS) is 23.4. The van der Waals surface area contributed by atoms with Crippen LogP contribution in [0.2, 0.25) is 0 Å². The lowest BCUT2D eigenvalue weighted by molar-refractivity contribution is -0.122. The summed E-state index contributed by atoms with van der Waals surface area (Å²) < 4.78 is 0. The molecule has 0 aromatic heterocycles. The quantitative estimate of drug-likeness (QED) is 0.801. The summed E-state index contributed by atoms with van der Waals surface area (Å²) in [7, 11) is 0. The number of hydrogen-bond acceptors (Lipinski definition) is 5. The predicted octanol–water partition coefficient (Wildman–Crippen LogP) is 1.30. The summed E-state index contributed by atoms with van der Waals surface area (Å²) in [5.74, 6) is -0.946. The zero-order chi connectivity index (χ0) is 13.8. The molecule has 3 unspecified atom stereocenters. The van der Waals surface area contributed by atoms with Crippen molar-refractivity contribution in [3.63, 3.8) is 0 Å². The van der Waals surface area contributed by atoms with Crippen molar-refractivity contribution < 1.29 is 14.7 Å². The molecule has 1 aliphatic rings. The van der Waals surface area contributed by atoms with Gasteiger partial charge in [0.25, 0.3) is 0 Å². The Morgan fingerprint density at radius 3 is 2.53 bits per heavy atom. The molecule has 2 rings (SSSR count). The highest BCUT2D eigenvalue weighted by atomic mass is 32.2. The Balaban J connectivity index is 2.24. The second-order valence-corrected chi connectivity index (χ2v) is 6.84. The molecule has 1 aromatic rings. The van der Waals surface area contributed by atoms with Gasteiger partial charge in [-0.15, -0.1) is 23.5 Å². The van der Waals surface area contributed by atoms with Crippen molar-refractivity contribution >= 4 is 35.7 Å². The second kappa shape index (κ2) is 6.45. The van der Waals surface area contributed by atoms with Crippen molar-refractivity contribution in [3.05, 3.63) is 24.3 Å². The molecule has 0 saturated heterocycles. The Hall–Kier alpha value is -0.980. The smallest absolute Gasteiger partial charge is 0.218 e. The number of carbonyl (C=O) groups excluding carboxylic acids is 2. The number of fused-ring (bicyclic) bond motifs is 1. The second-order valence-electron chi connectivity index (χ2n) is 4.34. The molecule has 0 radical (unpaired) electrons. The Morgan fingerprint density at radius 2 is 2.00 bits per heavy atom. The van der Waals surface area contributed by atoms with Gasteiger partial charge in [0.15, 0.2) is 0 Å². The highest BCUT2D eigenvalue weighted by molar-refractivity contribution is 8.06. The lowest BCUT2D eigenvalue weighted by Crippen LogP contribution is -2.36. The van der Waals surface area contributed by atoms with Crippen molar-refractivity contribution in [2.24, 2.45) is 11.7 Å². The van der Waals surface area contributed by atoms with Gasteiger partial charge in [-0.05, 0) is 12.1 Å². The first-order valence-corrected chi connectivity index (χ1v) is 7.68. The van der Waals surface area contributed by atoms with Crippen LogP contribution in [0, 0.1) is 5.92 Å². The maximum atomic E-state index is 11.2. The van der Waals surface area contributed by atoms with Gasteiger partial charge in [0, 0.05) is 32.6 Å². The molecule has 0 aliphatic carbocycles. The van der Waals surface area contributed by atoms with E-state index in [0.717, 1.165) is 16.1 Å². The summed E-state index contributed by atoms with van der Waals surface area (Å²) in [5.41, 5.74) is 5.18. The van der Waals surface area contributed by atoms with E-state index in [0.29, 0.717) is 0 Å². The number of aliphatic hydroxyl groups excluding tert-OH is 1. The molecule has 0 fully saturated rings. The molecule has 1 aliphatic heterocycles. The standard InChI is InChI=1S/C13H15NO3S2/c14-12(17)5-8(6-15)13-11(7-16)18-9-3-1-2-4-10(9)19-13/h1-4,6,8,11,13,16H,5,7H2,(H2,14,17). The predicted molar refractivity (Wildman–Crippen MR) is 76.2 cm³/mol. The number of carbonyl (C=O) groups is 2. The van der Waals surface area contributed by atoms with E-state index in [4.69, 9.17) is 5.73 Å². The number of thioether (sulfide) groups is 2. The van der Waals surface area contributed by atoms with Gasteiger partial charge in [-0.3, -0.25) is 4.79 Å². The number of nitrogens with two attached hydrogens (primary N) is 1. The van der Waals surface area contributed by atoms with E-state index in [1.165, 1.54) is 0 Å². The highest BCUT2D eigenvalue weighted by Gasteiger charge is 2.35. The average Bonchev–Trinajstić information content (AvgIpc) is 2.43. The van der Waals surface area contributed by atoms with Crippen LogP contribution in [0.3, 0.4) is 0 Å². The number of hydrogen-bond donors (Lipinski definition) is 2. The van der Waals surface area contributed by atoms with Crippen molar-refractivity contribution in [3.8, 4) is 0 Å². The van der Waals surface area contributed by atoms with Crippen LogP contribution in [-0.2, 0) is 9.59 Å². The fourth-order valence-electron chi connectivity index (χ4n) is 2.08. The maximum Gasteiger partial charge on any atom is 0.218 e. The molecule has 1 heterocycles. The van der Waals surface area contributed by atoms with Crippen LogP contribution in [0.4, 0.5) is 0 Å². The molecule has 1 aromatic carbocycles. The van der Waals surface area contributed by atoms with E-state index >= 15 is 0 Å². The van der Waals surface area contributed by atoms with Crippen LogP contribution in [0.25, 0.3) is 0 Å². The first kappa shape index (κ1) is 14.4. The van der Waals surface area contributed by atoms with Crippen LogP contribution >= 0.6 is 23.5 Å². The van der Waals surface area contributed by atoms with E-state index in [1.54, 1.807) is 23.5 Å². The molecule has 3 N–H and O–H groups in total. The number of aliphatic hydroxyl groups is 1. The average molecular weight is 297 g/mol. The van der Waals surface area contributed by atoms with Crippen LogP contribution in [0.15, 0.2) is 34.1 Å². The number of benzene rings is 1. The summed E-state index contributed by atoms with van der Waals surface area (Å²) in [5, 5.41) is 9.27. The molecule has 4 nitrogen and oxygen atoms in total. The fourth-order valence-corrected chi connectivity index (χ4v) is 4.98. The van der Waals surface area contributed by atoms with Gasteiger partial charge < -0.3 is 15.6 Å². The van der Waals surface area contributed by atoms with Gasteiger partial charge in [0.05, 0.1) is 6.61 Å². The zero-order valence-electron chi connectivity index (χ0n) is 10.2. The minimum Gasteiger partial charge on any atom is -0.395 e. The van der Waals surface area contributed by atoms with E-state index in [2.05, 4.69) is 0 Å². The molecule has 19 heavy (non-hydrogen) atoms. The van der Waals surface area contributed by atoms with Gasteiger partial charge >= 0.3 is 0 Å². The van der Waals surface area contributed by atoms with Crippen LogP contribution in [0.1, 0.15) is 6.42 Å². The Morgan fingerprint density at radius 1 is 1.37 bits per heavy atom. The molecule has 6 heteroatoms. The van der Waals surface area contributed by atoms with Crippen LogP contribution < -0.4 is 5.73 Å². The van der Waals surface area contributed by atoms with Crippen molar-refractivity contribution in [2.45, 2.75) is 26.7 Å². The van der Waals surface area contributed by atoms with Gasteiger partial charge in [0.1, 0.15) is 6.29 Å².